The van der Waals surface area contributed by atoms with E-state index in [2.05, 4.69) is 38.0 Å². The van der Waals surface area contributed by atoms with Gasteiger partial charge in [-0.25, -0.2) is 4.68 Å². The van der Waals surface area contributed by atoms with Gasteiger partial charge in [0.1, 0.15) is 6.33 Å². The van der Waals surface area contributed by atoms with Gasteiger partial charge < -0.3 is 5.32 Å². The molecule has 0 spiro atoms. The summed E-state index contributed by atoms with van der Waals surface area (Å²) in [5.74, 6) is 0. The fourth-order valence-corrected chi connectivity index (χ4v) is 2.77. The molecule has 0 saturated heterocycles. The molecule has 1 unspecified atom stereocenters. The summed E-state index contributed by atoms with van der Waals surface area (Å²) < 4.78 is 1.64. The van der Waals surface area contributed by atoms with Crippen molar-refractivity contribution in [2.45, 2.75) is 18.9 Å². The fraction of sp³-hybridized carbons (Fsp3) is 0.200. The molecule has 0 radical (unpaired) electrons. The summed E-state index contributed by atoms with van der Waals surface area (Å²) in [7, 11) is 0. The average Bonchev–Trinajstić information content (AvgIpc) is 3.18. The van der Waals surface area contributed by atoms with Gasteiger partial charge in [0.15, 0.2) is 0 Å². The lowest BCUT2D eigenvalue weighted by atomic mass is 10.2. The molecule has 0 bridgehead atoms. The van der Waals surface area contributed by atoms with Crippen molar-refractivity contribution >= 4 is 5.69 Å². The molecule has 1 N–H and O–H groups in total. The first-order chi connectivity index (χ1) is 10.4. The number of nitrogens with one attached hydrogen (secondary N) is 1. The Hall–Kier alpha value is -2.76. The summed E-state index contributed by atoms with van der Waals surface area (Å²) in [5, 5.41) is 14.8. The molecule has 1 aromatic carbocycles. The van der Waals surface area contributed by atoms with Crippen molar-refractivity contribution in [1.82, 2.24) is 25.2 Å². The third-order valence-electron chi connectivity index (χ3n) is 3.76. The maximum atomic E-state index is 4.51. The zero-order valence-electron chi connectivity index (χ0n) is 11.3. The summed E-state index contributed by atoms with van der Waals surface area (Å²) >= 11 is 0. The van der Waals surface area contributed by atoms with E-state index in [0.717, 1.165) is 29.9 Å². The molecule has 0 amide bonds. The van der Waals surface area contributed by atoms with Gasteiger partial charge in [-0.05, 0) is 53.1 Å². The second-order valence-electron chi connectivity index (χ2n) is 5.09. The van der Waals surface area contributed by atoms with Crippen molar-refractivity contribution in [3.05, 3.63) is 60.2 Å². The Morgan fingerprint density at radius 2 is 2.19 bits per heavy atom. The minimum Gasteiger partial charge on any atom is -0.377 e. The Balaban J connectivity index is 1.60. The number of rotatable bonds is 3. The minimum atomic E-state index is 0.269. The second-order valence-corrected chi connectivity index (χ2v) is 5.09. The number of fused-ring (bicyclic) bond motifs is 1. The van der Waals surface area contributed by atoms with E-state index in [-0.39, 0.29) is 6.04 Å². The molecule has 0 aliphatic heterocycles. The van der Waals surface area contributed by atoms with Gasteiger partial charge in [-0.3, -0.25) is 4.98 Å². The van der Waals surface area contributed by atoms with Crippen LogP contribution in [0, 0.1) is 0 Å². The predicted molar refractivity (Wildman–Crippen MR) is 78.1 cm³/mol. The van der Waals surface area contributed by atoms with Crippen LogP contribution in [0.2, 0.25) is 0 Å². The quantitative estimate of drug-likeness (QED) is 0.795. The van der Waals surface area contributed by atoms with Gasteiger partial charge in [-0.15, -0.1) is 5.10 Å². The van der Waals surface area contributed by atoms with E-state index in [1.807, 2.05) is 30.5 Å². The van der Waals surface area contributed by atoms with E-state index in [9.17, 15) is 0 Å². The highest BCUT2D eigenvalue weighted by Crippen LogP contribution is 2.32. The summed E-state index contributed by atoms with van der Waals surface area (Å²) in [6, 6.07) is 12.5. The van der Waals surface area contributed by atoms with Crippen molar-refractivity contribution in [1.29, 1.82) is 0 Å². The molecule has 0 saturated carbocycles. The van der Waals surface area contributed by atoms with Crippen molar-refractivity contribution in [2.24, 2.45) is 0 Å². The number of anilines is 1. The molecule has 4 rings (SSSR count). The monoisotopic (exact) mass is 278 g/mol. The number of nitrogens with zero attached hydrogens (tertiary/aromatic N) is 5. The zero-order valence-corrected chi connectivity index (χ0v) is 11.3. The first kappa shape index (κ1) is 12.0. The van der Waals surface area contributed by atoms with Crippen molar-refractivity contribution in [3.63, 3.8) is 0 Å². The van der Waals surface area contributed by atoms with Crippen LogP contribution in [0.4, 0.5) is 5.69 Å². The van der Waals surface area contributed by atoms with E-state index in [0.29, 0.717) is 0 Å². The zero-order chi connectivity index (χ0) is 14.1. The predicted octanol–water partition coefficient (Wildman–Crippen LogP) is 2.16. The fourth-order valence-electron chi connectivity index (χ4n) is 2.77. The number of tetrazole rings is 1. The minimum absolute atomic E-state index is 0.269. The summed E-state index contributed by atoms with van der Waals surface area (Å²) in [5.41, 5.74) is 4.48. The van der Waals surface area contributed by atoms with Crippen LogP contribution >= 0.6 is 0 Å². The van der Waals surface area contributed by atoms with E-state index >= 15 is 0 Å². The SMILES string of the molecule is c1cc(NC2CCc3cccnc32)cc(-n2cnnn2)c1. The smallest absolute Gasteiger partial charge is 0.143 e. The number of hydrogen-bond donors (Lipinski definition) is 1. The van der Waals surface area contributed by atoms with Gasteiger partial charge in [-0.1, -0.05) is 12.1 Å². The van der Waals surface area contributed by atoms with Gasteiger partial charge in [-0.2, -0.15) is 0 Å². The van der Waals surface area contributed by atoms with Crippen LogP contribution in [0.15, 0.2) is 48.9 Å². The number of pyridine rings is 1. The van der Waals surface area contributed by atoms with Crippen LogP contribution < -0.4 is 5.32 Å². The summed E-state index contributed by atoms with van der Waals surface area (Å²) in [6.45, 7) is 0. The molecule has 6 nitrogen and oxygen atoms in total. The van der Waals surface area contributed by atoms with Gasteiger partial charge in [0, 0.05) is 11.9 Å². The maximum absolute atomic E-state index is 4.51. The standard InChI is InChI=1S/C15H14N6/c1-4-12(9-13(5-1)21-10-17-19-20-21)18-14-7-6-11-3-2-8-16-15(11)14/h1-5,8-10,14,18H,6-7H2. The number of aromatic nitrogens is 5. The molecule has 104 valence electrons. The number of aryl methyl sites for hydroxylation is 1. The average molecular weight is 278 g/mol. The molecule has 1 atom stereocenters. The van der Waals surface area contributed by atoms with Gasteiger partial charge in [0.2, 0.25) is 0 Å². The molecular weight excluding hydrogens is 264 g/mol. The third kappa shape index (κ3) is 2.24. The topological polar surface area (TPSA) is 68.5 Å². The third-order valence-corrected chi connectivity index (χ3v) is 3.76. The molecule has 2 aromatic heterocycles. The molecule has 2 heterocycles. The number of hydrogen-bond acceptors (Lipinski definition) is 5. The van der Waals surface area contributed by atoms with Crippen LogP contribution in [0.3, 0.4) is 0 Å². The number of benzene rings is 1. The van der Waals surface area contributed by atoms with Crippen molar-refractivity contribution in [3.8, 4) is 5.69 Å². The molecule has 1 aliphatic rings. The summed E-state index contributed by atoms with van der Waals surface area (Å²) in [6.07, 6.45) is 5.59. The Kier molecular flexibility index (Phi) is 2.85. The molecule has 0 fully saturated rings. The van der Waals surface area contributed by atoms with Gasteiger partial charge in [0.25, 0.3) is 0 Å². The van der Waals surface area contributed by atoms with E-state index in [1.165, 1.54) is 5.56 Å². The van der Waals surface area contributed by atoms with Crippen molar-refractivity contribution in [2.75, 3.05) is 5.32 Å². The molecule has 3 aromatic rings. The van der Waals surface area contributed by atoms with E-state index in [4.69, 9.17) is 0 Å². The summed E-state index contributed by atoms with van der Waals surface area (Å²) in [4.78, 5) is 4.51. The van der Waals surface area contributed by atoms with Crippen LogP contribution in [0.25, 0.3) is 5.69 Å². The van der Waals surface area contributed by atoms with Crippen LogP contribution in [-0.4, -0.2) is 25.2 Å². The first-order valence-corrected chi connectivity index (χ1v) is 6.94. The van der Waals surface area contributed by atoms with Crippen molar-refractivity contribution < 1.29 is 0 Å². The largest absolute Gasteiger partial charge is 0.377 e. The van der Waals surface area contributed by atoms with Crippen LogP contribution in [-0.2, 0) is 6.42 Å². The Bertz CT molecular complexity index is 752. The van der Waals surface area contributed by atoms with E-state index < -0.39 is 0 Å². The Morgan fingerprint density at radius 3 is 3.10 bits per heavy atom. The van der Waals surface area contributed by atoms with Crippen LogP contribution in [0.5, 0.6) is 0 Å². The first-order valence-electron chi connectivity index (χ1n) is 6.94. The lowest BCUT2D eigenvalue weighted by Crippen LogP contribution is -2.09. The highest BCUT2D eigenvalue weighted by atomic mass is 15.5. The normalized spacial score (nSPS) is 16.7. The highest BCUT2D eigenvalue weighted by molar-refractivity contribution is 5.52. The lowest BCUT2D eigenvalue weighted by Gasteiger charge is -2.15. The molecule has 6 heteroatoms. The molecular formula is C15H14N6. The Labute approximate surface area is 121 Å². The Morgan fingerprint density at radius 1 is 1.19 bits per heavy atom. The maximum Gasteiger partial charge on any atom is 0.143 e. The van der Waals surface area contributed by atoms with Gasteiger partial charge in [0.05, 0.1) is 17.4 Å². The molecule has 1 aliphatic carbocycles. The second kappa shape index (κ2) is 4.97. The van der Waals surface area contributed by atoms with Gasteiger partial charge >= 0.3 is 0 Å². The molecule has 21 heavy (non-hydrogen) atoms. The van der Waals surface area contributed by atoms with Crippen LogP contribution in [0.1, 0.15) is 23.7 Å². The highest BCUT2D eigenvalue weighted by Gasteiger charge is 2.23. The lowest BCUT2D eigenvalue weighted by molar-refractivity contribution is 0.745. The van der Waals surface area contributed by atoms with E-state index in [1.54, 1.807) is 11.0 Å².